The van der Waals surface area contributed by atoms with Crippen molar-refractivity contribution in [3.05, 3.63) is 59.2 Å². The van der Waals surface area contributed by atoms with Gasteiger partial charge in [-0.1, -0.05) is 19.1 Å². The molecule has 2 atom stereocenters. The molecule has 2 fully saturated rings. The minimum atomic E-state index is -3.29. The second-order valence-corrected chi connectivity index (χ2v) is 10.2. The maximum absolute atomic E-state index is 13.5. The van der Waals surface area contributed by atoms with Gasteiger partial charge >= 0.3 is 12.0 Å². The Balaban J connectivity index is 1.71. The van der Waals surface area contributed by atoms with E-state index in [0.717, 1.165) is 12.0 Å². The highest BCUT2D eigenvalue weighted by molar-refractivity contribution is 7.91. The number of amides is 2. The quantitative estimate of drug-likeness (QED) is 0.488. The molecular weight excluding hydrogens is 432 g/mol. The molecule has 2 aromatic rings. The van der Waals surface area contributed by atoms with Crippen LogP contribution in [0.1, 0.15) is 28.4 Å². The van der Waals surface area contributed by atoms with E-state index >= 15 is 0 Å². The molecule has 170 valence electrons. The maximum atomic E-state index is 13.5. The summed E-state index contributed by atoms with van der Waals surface area (Å²) in [5.74, 6) is -0.157. The molecule has 2 aliphatic rings. The van der Waals surface area contributed by atoms with Crippen molar-refractivity contribution in [3.63, 3.8) is 0 Å². The van der Waals surface area contributed by atoms with Crippen LogP contribution in [0.15, 0.2) is 42.5 Å². The minimum absolute atomic E-state index is 0.0746. The predicted molar refractivity (Wildman–Crippen MR) is 120 cm³/mol. The lowest BCUT2D eigenvalue weighted by Gasteiger charge is -2.23. The Morgan fingerprint density at radius 2 is 1.75 bits per heavy atom. The van der Waals surface area contributed by atoms with Gasteiger partial charge in [0.1, 0.15) is 5.75 Å². The number of benzene rings is 2. The fourth-order valence-electron chi connectivity index (χ4n) is 4.49. The van der Waals surface area contributed by atoms with Gasteiger partial charge in [-0.05, 0) is 42.3 Å². The second-order valence-electron chi connectivity index (χ2n) is 8.03. The number of sulfone groups is 1. The molecule has 0 unspecified atom stereocenters. The SMILES string of the molecule is CCc1ccc(N2C(=O)N(Cc3cc(C(=O)OC)ccc3OC)[C@@H]3CS(=O)(=O)C[C@H]32)cc1. The number of carbonyl (C=O) groups excluding carboxylic acids is 2. The first kappa shape index (κ1) is 22.1. The number of anilines is 1. The second kappa shape index (κ2) is 8.46. The summed E-state index contributed by atoms with van der Waals surface area (Å²) < 4.78 is 35.2. The Kier molecular flexibility index (Phi) is 5.85. The van der Waals surface area contributed by atoms with Crippen molar-refractivity contribution in [1.29, 1.82) is 0 Å². The van der Waals surface area contributed by atoms with Gasteiger partial charge in [-0.2, -0.15) is 0 Å². The molecule has 4 rings (SSSR count). The van der Waals surface area contributed by atoms with Crippen LogP contribution in [0.25, 0.3) is 0 Å². The monoisotopic (exact) mass is 458 g/mol. The van der Waals surface area contributed by atoms with Crippen LogP contribution in [0.3, 0.4) is 0 Å². The summed E-state index contributed by atoms with van der Waals surface area (Å²) in [5, 5.41) is 0. The van der Waals surface area contributed by atoms with Crippen LogP contribution in [0.5, 0.6) is 5.75 Å². The lowest BCUT2D eigenvalue weighted by Crippen LogP contribution is -2.37. The number of ether oxygens (including phenoxy) is 2. The van der Waals surface area contributed by atoms with Gasteiger partial charge in [-0.3, -0.25) is 4.90 Å². The highest BCUT2D eigenvalue weighted by Crippen LogP contribution is 2.37. The van der Waals surface area contributed by atoms with Crippen molar-refractivity contribution in [3.8, 4) is 5.75 Å². The van der Waals surface area contributed by atoms with E-state index in [2.05, 4.69) is 0 Å². The zero-order valence-corrected chi connectivity index (χ0v) is 19.1. The van der Waals surface area contributed by atoms with E-state index in [4.69, 9.17) is 9.47 Å². The summed E-state index contributed by atoms with van der Waals surface area (Å²) in [5.41, 5.74) is 2.75. The molecule has 0 aromatic heterocycles. The maximum Gasteiger partial charge on any atom is 0.337 e. The highest BCUT2D eigenvalue weighted by Gasteiger charge is 2.53. The third kappa shape index (κ3) is 3.92. The molecule has 0 N–H and O–H groups in total. The van der Waals surface area contributed by atoms with E-state index in [1.165, 1.54) is 14.2 Å². The fraction of sp³-hybridized carbons (Fsp3) is 0.391. The molecule has 2 amide bonds. The normalized spacial score (nSPS) is 21.5. The third-order valence-corrected chi connectivity index (χ3v) is 7.84. The highest BCUT2D eigenvalue weighted by atomic mass is 32.2. The number of urea groups is 1. The number of hydrogen-bond donors (Lipinski definition) is 0. The van der Waals surface area contributed by atoms with Crippen molar-refractivity contribution in [2.75, 3.05) is 30.6 Å². The van der Waals surface area contributed by atoms with Crippen molar-refractivity contribution < 1.29 is 27.5 Å². The Labute approximate surface area is 187 Å². The van der Waals surface area contributed by atoms with E-state index in [0.29, 0.717) is 22.6 Å². The van der Waals surface area contributed by atoms with Gasteiger partial charge in [0.05, 0.1) is 49.9 Å². The number of nitrogens with zero attached hydrogens (tertiary/aromatic N) is 2. The first-order chi connectivity index (χ1) is 15.3. The summed E-state index contributed by atoms with van der Waals surface area (Å²) in [4.78, 5) is 28.6. The average molecular weight is 459 g/mol. The molecule has 8 nitrogen and oxygen atoms in total. The van der Waals surface area contributed by atoms with Crippen LogP contribution in [0.2, 0.25) is 0 Å². The van der Waals surface area contributed by atoms with E-state index in [-0.39, 0.29) is 24.1 Å². The van der Waals surface area contributed by atoms with E-state index in [1.807, 2.05) is 31.2 Å². The molecule has 2 heterocycles. The van der Waals surface area contributed by atoms with Crippen LogP contribution in [0, 0.1) is 0 Å². The predicted octanol–water partition coefficient (Wildman–Crippen LogP) is 2.65. The molecule has 0 saturated carbocycles. The summed E-state index contributed by atoms with van der Waals surface area (Å²) >= 11 is 0. The van der Waals surface area contributed by atoms with Gasteiger partial charge in [-0.15, -0.1) is 0 Å². The Morgan fingerprint density at radius 1 is 1.06 bits per heavy atom. The molecular formula is C23H26N2O6S. The van der Waals surface area contributed by atoms with Crippen molar-refractivity contribution in [2.45, 2.75) is 32.0 Å². The van der Waals surface area contributed by atoms with Gasteiger partial charge in [0, 0.05) is 11.3 Å². The van der Waals surface area contributed by atoms with Gasteiger partial charge in [0.25, 0.3) is 0 Å². The smallest absolute Gasteiger partial charge is 0.337 e. The molecule has 9 heteroatoms. The first-order valence-electron chi connectivity index (χ1n) is 10.4. The largest absolute Gasteiger partial charge is 0.496 e. The number of rotatable bonds is 6. The standard InChI is InChI=1S/C23H26N2O6S/c1-4-15-5-8-18(9-6-15)25-20-14-32(28,29)13-19(20)24(23(25)27)12-17-11-16(22(26)31-3)7-10-21(17)30-2/h5-11,19-20H,4,12-14H2,1-3H3/t19-,20-/m1/s1. The van der Waals surface area contributed by atoms with E-state index < -0.39 is 27.9 Å². The molecule has 0 bridgehead atoms. The van der Waals surface area contributed by atoms with Crippen molar-refractivity contribution in [2.24, 2.45) is 0 Å². The van der Waals surface area contributed by atoms with Crippen LogP contribution in [-0.4, -0.2) is 63.1 Å². The lowest BCUT2D eigenvalue weighted by atomic mass is 10.1. The zero-order chi connectivity index (χ0) is 23.0. The van der Waals surface area contributed by atoms with E-state index in [1.54, 1.807) is 28.0 Å². The summed E-state index contributed by atoms with van der Waals surface area (Å²) in [6, 6.07) is 11.3. The van der Waals surface area contributed by atoms with Crippen LogP contribution < -0.4 is 9.64 Å². The van der Waals surface area contributed by atoms with Crippen LogP contribution in [-0.2, 0) is 27.5 Å². The zero-order valence-electron chi connectivity index (χ0n) is 18.3. The summed E-state index contributed by atoms with van der Waals surface area (Å²) in [6.45, 7) is 2.17. The van der Waals surface area contributed by atoms with Crippen LogP contribution in [0.4, 0.5) is 10.5 Å². The number of methoxy groups -OCH3 is 2. The third-order valence-electron chi connectivity index (χ3n) is 6.14. The molecule has 32 heavy (non-hydrogen) atoms. The lowest BCUT2D eigenvalue weighted by molar-refractivity contribution is 0.0600. The van der Waals surface area contributed by atoms with Gasteiger partial charge in [0.2, 0.25) is 0 Å². The van der Waals surface area contributed by atoms with Crippen molar-refractivity contribution in [1.82, 2.24) is 4.90 Å². The topological polar surface area (TPSA) is 93.2 Å². The number of aryl methyl sites for hydroxylation is 1. The first-order valence-corrected chi connectivity index (χ1v) is 12.2. The van der Waals surface area contributed by atoms with Crippen molar-refractivity contribution >= 4 is 27.5 Å². The number of esters is 1. The van der Waals surface area contributed by atoms with Gasteiger partial charge in [0.15, 0.2) is 9.84 Å². The van der Waals surface area contributed by atoms with Gasteiger partial charge < -0.3 is 14.4 Å². The summed E-state index contributed by atoms with van der Waals surface area (Å²) in [7, 11) is -0.486. The molecule has 2 aromatic carbocycles. The number of hydrogen-bond acceptors (Lipinski definition) is 6. The Bertz CT molecular complexity index is 1150. The summed E-state index contributed by atoms with van der Waals surface area (Å²) in [6.07, 6.45) is 0.872. The molecule has 0 radical (unpaired) electrons. The minimum Gasteiger partial charge on any atom is -0.496 e. The van der Waals surface area contributed by atoms with Crippen LogP contribution >= 0.6 is 0 Å². The molecule has 0 aliphatic carbocycles. The Hall–Kier alpha value is -3.07. The average Bonchev–Trinajstić information content (AvgIpc) is 3.22. The number of carbonyl (C=O) groups is 2. The number of fused-ring (bicyclic) bond motifs is 1. The molecule has 2 saturated heterocycles. The Morgan fingerprint density at radius 3 is 2.38 bits per heavy atom. The van der Waals surface area contributed by atoms with Gasteiger partial charge in [-0.25, -0.2) is 18.0 Å². The molecule has 2 aliphatic heterocycles. The van der Waals surface area contributed by atoms with E-state index in [9.17, 15) is 18.0 Å². The molecule has 0 spiro atoms. The fourth-order valence-corrected chi connectivity index (χ4v) is 6.44.